The van der Waals surface area contributed by atoms with E-state index in [2.05, 4.69) is 10.3 Å². The van der Waals surface area contributed by atoms with Crippen molar-refractivity contribution in [3.05, 3.63) is 46.6 Å². The normalized spacial score (nSPS) is 16.9. The fourth-order valence-corrected chi connectivity index (χ4v) is 4.11. The van der Waals surface area contributed by atoms with Crippen molar-refractivity contribution in [1.29, 1.82) is 0 Å². The lowest BCUT2D eigenvalue weighted by molar-refractivity contribution is -0.137. The number of carbonyl (C=O) groups excluding carboxylic acids is 2. The number of nitrogens with one attached hydrogen (secondary N) is 1. The van der Waals surface area contributed by atoms with Crippen molar-refractivity contribution in [2.45, 2.75) is 64.8 Å². The van der Waals surface area contributed by atoms with Gasteiger partial charge in [0.1, 0.15) is 12.4 Å². The van der Waals surface area contributed by atoms with Crippen LogP contribution in [0.15, 0.2) is 29.3 Å². The van der Waals surface area contributed by atoms with Gasteiger partial charge in [-0.05, 0) is 31.0 Å². The highest BCUT2D eigenvalue weighted by atomic mass is 19.4. The first kappa shape index (κ1) is 27.5. The van der Waals surface area contributed by atoms with E-state index in [9.17, 15) is 22.8 Å². The Morgan fingerprint density at radius 3 is 2.53 bits per heavy atom. The summed E-state index contributed by atoms with van der Waals surface area (Å²) < 4.78 is 55.3. The summed E-state index contributed by atoms with van der Waals surface area (Å²) in [6.45, 7) is 8.65. The maximum atomic E-state index is 13.4. The average molecular weight is 511 g/mol. The number of nitrogens with zero attached hydrogens (tertiary/aromatic N) is 3. The van der Waals surface area contributed by atoms with Gasteiger partial charge in [0.2, 0.25) is 5.91 Å². The zero-order valence-corrected chi connectivity index (χ0v) is 21.2. The van der Waals surface area contributed by atoms with E-state index in [1.54, 1.807) is 6.07 Å². The van der Waals surface area contributed by atoms with Crippen LogP contribution in [0, 0.1) is 0 Å². The van der Waals surface area contributed by atoms with Crippen molar-refractivity contribution in [2.24, 2.45) is 12.0 Å². The third-order valence-corrected chi connectivity index (χ3v) is 5.90. The third kappa shape index (κ3) is 6.77. The molecule has 0 spiro atoms. The van der Waals surface area contributed by atoms with E-state index in [1.807, 2.05) is 37.2 Å². The topological polar surface area (TPSA) is 86.9 Å². The molecule has 2 heterocycles. The molecule has 1 aromatic heterocycles. The van der Waals surface area contributed by atoms with Crippen LogP contribution < -0.4 is 15.5 Å². The van der Waals surface area contributed by atoms with Crippen LogP contribution in [0.1, 0.15) is 62.2 Å². The van der Waals surface area contributed by atoms with Gasteiger partial charge in [0.25, 0.3) is 5.91 Å². The second-order valence-corrected chi connectivity index (χ2v) is 9.84. The molecule has 1 N–H and O–H groups in total. The van der Waals surface area contributed by atoms with E-state index >= 15 is 0 Å². The van der Waals surface area contributed by atoms with Gasteiger partial charge in [0.05, 0.1) is 30.3 Å². The minimum Gasteiger partial charge on any atom is -0.491 e. The van der Waals surface area contributed by atoms with Gasteiger partial charge in [0.15, 0.2) is 5.49 Å². The lowest BCUT2D eigenvalue weighted by Gasteiger charge is -2.21. The number of halogens is 3. The molecular formula is C25H33F3N4O4. The van der Waals surface area contributed by atoms with Gasteiger partial charge in [-0.3, -0.25) is 19.0 Å². The third-order valence-electron chi connectivity index (χ3n) is 5.90. The van der Waals surface area contributed by atoms with Crippen LogP contribution in [0.4, 0.5) is 13.2 Å². The quantitative estimate of drug-likeness (QED) is 0.577. The van der Waals surface area contributed by atoms with Crippen molar-refractivity contribution >= 4 is 11.8 Å². The number of aromatic nitrogens is 2. The van der Waals surface area contributed by atoms with Crippen molar-refractivity contribution in [1.82, 2.24) is 14.7 Å². The second kappa shape index (κ2) is 10.9. The van der Waals surface area contributed by atoms with Gasteiger partial charge >= 0.3 is 6.18 Å². The number of carbonyl (C=O) groups is 2. The summed E-state index contributed by atoms with van der Waals surface area (Å²) in [5.41, 5.74) is -0.325. The molecule has 1 atom stereocenters. The summed E-state index contributed by atoms with van der Waals surface area (Å²) >= 11 is 0. The van der Waals surface area contributed by atoms with Gasteiger partial charge in [0, 0.05) is 37.8 Å². The molecule has 36 heavy (non-hydrogen) atoms. The van der Waals surface area contributed by atoms with Crippen molar-refractivity contribution in [2.75, 3.05) is 19.8 Å². The molecule has 0 radical (unpaired) electrons. The van der Waals surface area contributed by atoms with Crippen molar-refractivity contribution < 1.29 is 32.2 Å². The summed E-state index contributed by atoms with van der Waals surface area (Å²) in [5.74, 6) is -1.17. The van der Waals surface area contributed by atoms with Gasteiger partial charge in [-0.2, -0.15) is 18.2 Å². The molecule has 1 aromatic carbocycles. The standard InChI is InChI=1S/C25H33F3N4O4/c1-16(33)29-10-12-36-20-9-8-17(25(26,27)28)13-19(20)23(34)30-22-14-21(24(2,3)4)31(5)32(22)15-18-7-6-11-35-18/h8-9,13-14,18H,6-7,10-12,15H2,1-5H3,(H,29,33)/b30-22+/t18-/m1/s1. The first-order valence-electron chi connectivity index (χ1n) is 11.8. The van der Waals surface area contributed by atoms with Gasteiger partial charge in [-0.1, -0.05) is 20.8 Å². The lowest BCUT2D eigenvalue weighted by Crippen LogP contribution is -2.30. The Morgan fingerprint density at radius 1 is 1.22 bits per heavy atom. The van der Waals surface area contributed by atoms with Crippen LogP contribution in [0.3, 0.4) is 0 Å². The van der Waals surface area contributed by atoms with Crippen LogP contribution in [0.5, 0.6) is 5.75 Å². The van der Waals surface area contributed by atoms with Crippen LogP contribution in [0.2, 0.25) is 0 Å². The first-order chi connectivity index (χ1) is 16.8. The molecule has 3 rings (SSSR count). The fourth-order valence-electron chi connectivity index (χ4n) is 4.11. The predicted octanol–water partition coefficient (Wildman–Crippen LogP) is 3.58. The maximum absolute atomic E-state index is 13.4. The smallest absolute Gasteiger partial charge is 0.416 e. The Kier molecular flexibility index (Phi) is 8.33. The maximum Gasteiger partial charge on any atom is 0.416 e. The summed E-state index contributed by atoms with van der Waals surface area (Å²) in [5, 5.41) is 2.53. The monoisotopic (exact) mass is 510 g/mol. The molecular weight excluding hydrogens is 477 g/mol. The molecule has 198 valence electrons. The summed E-state index contributed by atoms with van der Waals surface area (Å²) in [6.07, 6.45) is -2.87. The highest BCUT2D eigenvalue weighted by Crippen LogP contribution is 2.33. The molecule has 1 saturated heterocycles. The van der Waals surface area contributed by atoms with Crippen LogP contribution in [0.25, 0.3) is 0 Å². The van der Waals surface area contributed by atoms with E-state index < -0.39 is 17.6 Å². The Hall–Kier alpha value is -3.08. The second-order valence-electron chi connectivity index (χ2n) is 9.84. The molecule has 1 aliphatic rings. The highest BCUT2D eigenvalue weighted by molar-refractivity contribution is 5.97. The van der Waals surface area contributed by atoms with Gasteiger partial charge < -0.3 is 14.8 Å². The lowest BCUT2D eigenvalue weighted by atomic mass is 9.92. The predicted molar refractivity (Wildman–Crippen MR) is 127 cm³/mol. The number of rotatable bonds is 7. The van der Waals surface area contributed by atoms with E-state index in [0.29, 0.717) is 18.6 Å². The number of benzene rings is 1. The Bertz CT molecular complexity index is 1170. The largest absolute Gasteiger partial charge is 0.491 e. The van der Waals surface area contributed by atoms with E-state index in [-0.39, 0.29) is 41.9 Å². The number of alkyl halides is 3. The van der Waals surface area contributed by atoms with E-state index in [1.165, 1.54) is 6.92 Å². The van der Waals surface area contributed by atoms with E-state index in [4.69, 9.17) is 9.47 Å². The number of amides is 2. The number of ether oxygens (including phenoxy) is 2. The Labute approximate surface area is 208 Å². The number of hydrogen-bond donors (Lipinski definition) is 1. The summed E-state index contributed by atoms with van der Waals surface area (Å²) in [6, 6.07) is 4.48. The minimum absolute atomic E-state index is 0.0241. The molecule has 1 aliphatic heterocycles. The van der Waals surface area contributed by atoms with Gasteiger partial charge in [-0.25, -0.2) is 0 Å². The zero-order valence-electron chi connectivity index (χ0n) is 21.2. The van der Waals surface area contributed by atoms with E-state index in [0.717, 1.165) is 36.7 Å². The molecule has 0 unspecified atom stereocenters. The highest BCUT2D eigenvalue weighted by Gasteiger charge is 2.32. The van der Waals surface area contributed by atoms with Crippen molar-refractivity contribution in [3.63, 3.8) is 0 Å². The SMILES string of the molecule is CC(=O)NCCOc1ccc(C(F)(F)F)cc1C(=O)/N=c1\cc(C(C)(C)C)n(C)n1C[C@H]1CCCO1. The fraction of sp³-hybridized carbons (Fsp3) is 0.560. The molecule has 8 nitrogen and oxygen atoms in total. The molecule has 2 aromatic rings. The van der Waals surface area contributed by atoms with Crippen LogP contribution >= 0.6 is 0 Å². The van der Waals surface area contributed by atoms with Crippen LogP contribution in [-0.2, 0) is 34.7 Å². The molecule has 1 fully saturated rings. The zero-order chi connectivity index (χ0) is 26.7. The van der Waals surface area contributed by atoms with Crippen molar-refractivity contribution in [3.8, 4) is 5.75 Å². The number of hydrogen-bond acceptors (Lipinski definition) is 4. The molecule has 0 bridgehead atoms. The molecule has 2 amide bonds. The Morgan fingerprint density at radius 2 is 1.94 bits per heavy atom. The van der Waals surface area contributed by atoms with Crippen LogP contribution in [-0.4, -0.2) is 47.0 Å². The molecule has 0 aliphatic carbocycles. The summed E-state index contributed by atoms with van der Waals surface area (Å²) in [4.78, 5) is 28.6. The van der Waals surface area contributed by atoms with Gasteiger partial charge in [-0.15, -0.1) is 0 Å². The molecule has 0 saturated carbocycles. The minimum atomic E-state index is -4.64. The molecule has 11 heteroatoms. The average Bonchev–Trinajstić information content (AvgIpc) is 3.39. The Balaban J connectivity index is 2.04. The summed E-state index contributed by atoms with van der Waals surface area (Å²) in [7, 11) is 1.86. The first-order valence-corrected chi connectivity index (χ1v) is 11.8.